The van der Waals surface area contributed by atoms with Crippen LogP contribution in [0.15, 0.2) is 0 Å². The van der Waals surface area contributed by atoms with Crippen molar-refractivity contribution < 1.29 is 37.4 Å². The third-order valence-corrected chi connectivity index (χ3v) is 4.94. The molecule has 0 aliphatic heterocycles. The quantitative estimate of drug-likeness (QED) is 0.204. The SMILES string of the molecule is O=S(O)(=S)CCCCCCCCCCCOOOOCS(=O)(O)=S. The van der Waals surface area contributed by atoms with Crippen LogP contribution in [0.3, 0.4) is 0 Å². The van der Waals surface area contributed by atoms with Gasteiger partial charge in [0.15, 0.2) is 14.7 Å². The summed E-state index contributed by atoms with van der Waals surface area (Å²) in [6.45, 7) is 0.327. The molecular weight excluding hydrogens is 400 g/mol. The van der Waals surface area contributed by atoms with Gasteiger partial charge >= 0.3 is 0 Å². The van der Waals surface area contributed by atoms with E-state index in [-0.39, 0.29) is 5.75 Å². The summed E-state index contributed by atoms with van der Waals surface area (Å²) in [4.78, 5) is 8.84. The van der Waals surface area contributed by atoms with E-state index in [0.29, 0.717) is 13.0 Å². The van der Waals surface area contributed by atoms with Crippen LogP contribution in [0.2, 0.25) is 0 Å². The average Bonchev–Trinajstić information content (AvgIpc) is 2.44. The third-order valence-electron chi connectivity index (χ3n) is 2.95. The van der Waals surface area contributed by atoms with Crippen molar-refractivity contribution >= 4 is 39.9 Å². The topological polar surface area (TPSA) is 112 Å². The molecule has 24 heavy (non-hydrogen) atoms. The molecule has 0 rings (SSSR count). The second kappa shape index (κ2) is 14.6. The predicted octanol–water partition coefficient (Wildman–Crippen LogP) is 2.70. The van der Waals surface area contributed by atoms with E-state index < -0.39 is 23.5 Å². The molecule has 146 valence electrons. The fraction of sp³-hybridized carbons (Fsp3) is 1.00. The minimum absolute atomic E-state index is 0.214. The second-order valence-electron chi connectivity index (χ2n) is 5.24. The Bertz CT molecular complexity index is 445. The van der Waals surface area contributed by atoms with Crippen LogP contribution in [0.25, 0.3) is 0 Å². The highest BCUT2D eigenvalue weighted by atomic mass is 32.8. The van der Waals surface area contributed by atoms with Gasteiger partial charge in [0.2, 0.25) is 0 Å². The number of hydrogen-bond acceptors (Lipinski definition) is 8. The molecule has 0 aliphatic carbocycles. The van der Waals surface area contributed by atoms with E-state index in [1.807, 2.05) is 0 Å². The van der Waals surface area contributed by atoms with Crippen LogP contribution in [0.5, 0.6) is 0 Å². The van der Waals surface area contributed by atoms with Gasteiger partial charge in [-0.1, -0.05) is 44.9 Å². The van der Waals surface area contributed by atoms with Crippen LogP contribution in [0, 0.1) is 0 Å². The minimum Gasteiger partial charge on any atom is -0.306 e. The van der Waals surface area contributed by atoms with Crippen LogP contribution in [-0.4, -0.2) is 35.8 Å². The van der Waals surface area contributed by atoms with E-state index in [4.69, 9.17) is 9.11 Å². The summed E-state index contributed by atoms with van der Waals surface area (Å²) in [6.07, 6.45) is 8.96. The zero-order chi connectivity index (χ0) is 18.3. The van der Waals surface area contributed by atoms with Gasteiger partial charge in [-0.15, -0.1) is 0 Å². The molecule has 2 unspecified atom stereocenters. The van der Waals surface area contributed by atoms with E-state index in [9.17, 15) is 8.42 Å². The molecule has 8 nitrogen and oxygen atoms in total. The Morgan fingerprint density at radius 2 is 1.12 bits per heavy atom. The van der Waals surface area contributed by atoms with Gasteiger partial charge in [0.05, 0.1) is 6.61 Å². The van der Waals surface area contributed by atoms with Gasteiger partial charge in [-0.2, -0.15) is 4.89 Å². The molecule has 0 amide bonds. The molecule has 0 heterocycles. The van der Waals surface area contributed by atoms with Gasteiger partial charge in [0.25, 0.3) is 0 Å². The van der Waals surface area contributed by atoms with Crippen molar-refractivity contribution in [3.63, 3.8) is 0 Å². The van der Waals surface area contributed by atoms with Crippen molar-refractivity contribution in [1.29, 1.82) is 0 Å². The van der Waals surface area contributed by atoms with Gasteiger partial charge in [-0.05, 0) is 22.9 Å². The Labute approximate surface area is 153 Å². The Kier molecular flexibility index (Phi) is 15.0. The normalized spacial score (nSPS) is 16.6. The molecule has 0 aromatic heterocycles. The van der Waals surface area contributed by atoms with Crippen LogP contribution >= 0.6 is 0 Å². The van der Waals surface area contributed by atoms with Crippen molar-refractivity contribution in [2.24, 2.45) is 0 Å². The summed E-state index contributed by atoms with van der Waals surface area (Å²) in [7, 11) is -6.41. The number of hydrogen-bond donors (Lipinski definition) is 2. The second-order valence-corrected chi connectivity index (χ2v) is 11.3. The molecule has 2 N–H and O–H groups in total. The summed E-state index contributed by atoms with van der Waals surface area (Å²) < 4.78 is 39.1. The molecule has 0 aliphatic rings. The standard InChI is InChI=1S/C12H26O8S4/c13-23(14,21)11-9-7-5-3-1-2-4-6-8-10-17-19-20-18-12-24(15,16)22/h1-12H2,(H,13,14,21)(H,15,16,22). The van der Waals surface area contributed by atoms with E-state index in [2.05, 4.69) is 42.2 Å². The largest absolute Gasteiger partial charge is 0.306 e. The van der Waals surface area contributed by atoms with E-state index >= 15 is 0 Å². The molecule has 0 bridgehead atoms. The Hall–Kier alpha value is 0.500. The van der Waals surface area contributed by atoms with Crippen molar-refractivity contribution in [1.82, 2.24) is 0 Å². The lowest BCUT2D eigenvalue weighted by atomic mass is 10.1. The van der Waals surface area contributed by atoms with Gasteiger partial charge in [0, 0.05) is 28.1 Å². The fourth-order valence-electron chi connectivity index (χ4n) is 1.84. The third kappa shape index (κ3) is 22.5. The summed E-state index contributed by atoms with van der Waals surface area (Å²) >= 11 is 8.58. The smallest absolute Gasteiger partial charge is 0.186 e. The maximum Gasteiger partial charge on any atom is 0.186 e. The Balaban J connectivity index is 3.13. The molecule has 0 fully saturated rings. The average molecular weight is 427 g/mol. The monoisotopic (exact) mass is 426 g/mol. The number of unbranched alkanes of at least 4 members (excludes halogenated alkanes) is 8. The predicted molar refractivity (Wildman–Crippen MR) is 96.8 cm³/mol. The Morgan fingerprint density at radius 3 is 1.62 bits per heavy atom. The first kappa shape index (κ1) is 24.5. The molecule has 2 atom stereocenters. The zero-order valence-corrected chi connectivity index (χ0v) is 16.7. The molecule has 12 heteroatoms. The van der Waals surface area contributed by atoms with Crippen molar-refractivity contribution in [2.75, 3.05) is 18.3 Å². The van der Waals surface area contributed by atoms with E-state index in [1.165, 1.54) is 0 Å². The van der Waals surface area contributed by atoms with Crippen molar-refractivity contribution in [3.05, 3.63) is 0 Å². The highest BCUT2D eigenvalue weighted by Crippen LogP contribution is 2.10. The highest BCUT2D eigenvalue weighted by Gasteiger charge is 2.01. The minimum atomic E-state index is -3.43. The van der Waals surface area contributed by atoms with Crippen LogP contribution in [0.4, 0.5) is 0 Å². The first-order valence-corrected chi connectivity index (χ1v) is 12.9. The van der Waals surface area contributed by atoms with Crippen LogP contribution < -0.4 is 0 Å². The van der Waals surface area contributed by atoms with E-state index in [1.54, 1.807) is 0 Å². The molecule has 0 saturated heterocycles. The molecule has 0 radical (unpaired) electrons. The van der Waals surface area contributed by atoms with Gasteiger partial charge in [-0.3, -0.25) is 0 Å². The number of rotatable bonds is 17. The summed E-state index contributed by atoms with van der Waals surface area (Å²) in [5, 5.41) is 8.24. The Morgan fingerprint density at radius 1 is 0.667 bits per heavy atom. The maximum atomic E-state index is 10.9. The summed E-state index contributed by atoms with van der Waals surface area (Å²) in [5.41, 5.74) is 0. The fourth-order valence-corrected chi connectivity index (χ4v) is 3.04. The first-order chi connectivity index (χ1) is 11.2. The molecule has 0 spiro atoms. The molecule has 0 aromatic carbocycles. The van der Waals surface area contributed by atoms with Crippen LogP contribution in [-0.2, 0) is 59.8 Å². The lowest BCUT2D eigenvalue weighted by molar-refractivity contribution is -0.630. The molecule has 0 aromatic rings. The van der Waals surface area contributed by atoms with Gasteiger partial charge < -0.3 is 9.11 Å². The summed E-state index contributed by atoms with van der Waals surface area (Å²) in [5.74, 6) is -0.455. The lowest BCUT2D eigenvalue weighted by Crippen LogP contribution is -2.08. The molecular formula is C12H26O8S4. The van der Waals surface area contributed by atoms with E-state index in [0.717, 1.165) is 51.4 Å². The molecule has 0 saturated carbocycles. The highest BCUT2D eigenvalue weighted by molar-refractivity contribution is 8.29. The maximum absolute atomic E-state index is 10.9. The zero-order valence-electron chi connectivity index (χ0n) is 13.5. The van der Waals surface area contributed by atoms with Crippen LogP contribution in [0.1, 0.15) is 57.8 Å². The van der Waals surface area contributed by atoms with Gasteiger partial charge in [-0.25, -0.2) is 13.3 Å². The first-order valence-electron chi connectivity index (χ1n) is 7.69. The van der Waals surface area contributed by atoms with Crippen molar-refractivity contribution in [3.8, 4) is 0 Å². The van der Waals surface area contributed by atoms with Crippen molar-refractivity contribution in [2.45, 2.75) is 57.8 Å². The van der Waals surface area contributed by atoms with Gasteiger partial charge in [0.1, 0.15) is 8.77 Å². The lowest BCUT2D eigenvalue weighted by Gasteiger charge is -2.03. The summed E-state index contributed by atoms with van der Waals surface area (Å²) in [6, 6.07) is 0.